The normalized spacial score (nSPS) is 12.9. The van der Waals surface area contributed by atoms with Crippen LogP contribution in [0.15, 0.2) is 30.5 Å². The van der Waals surface area contributed by atoms with Gasteiger partial charge in [-0.15, -0.1) is 0 Å². The van der Waals surface area contributed by atoms with E-state index in [2.05, 4.69) is 32.2 Å². The Morgan fingerprint density at radius 1 is 1.38 bits per heavy atom. The van der Waals surface area contributed by atoms with Crippen molar-refractivity contribution in [2.75, 3.05) is 13.7 Å². The molecule has 0 radical (unpaired) electrons. The summed E-state index contributed by atoms with van der Waals surface area (Å²) in [5, 5.41) is 10.5. The molecule has 0 aliphatic carbocycles. The summed E-state index contributed by atoms with van der Waals surface area (Å²) in [5.41, 5.74) is 1.01. The molecular weight excluding hydrogens is 268 g/mol. The van der Waals surface area contributed by atoms with Crippen LogP contribution in [0.5, 0.6) is 0 Å². The van der Waals surface area contributed by atoms with Crippen molar-refractivity contribution in [3.8, 4) is 0 Å². The Morgan fingerprint density at radius 2 is 2.19 bits per heavy atom. The number of ether oxygens (including phenoxy) is 1. The van der Waals surface area contributed by atoms with Gasteiger partial charge in [-0.1, -0.05) is 40.2 Å². The summed E-state index contributed by atoms with van der Waals surface area (Å²) < 4.78 is 5.09. The molecule has 2 rings (SSSR count). The zero-order chi connectivity index (χ0) is 11.4. The van der Waals surface area contributed by atoms with Gasteiger partial charge in [0, 0.05) is 29.1 Å². The molecule has 0 saturated heterocycles. The summed E-state index contributed by atoms with van der Waals surface area (Å²) in [6.45, 7) is 0.672. The number of halogens is 1. The molecule has 1 atom stereocenters. The zero-order valence-electron chi connectivity index (χ0n) is 9.06. The number of alkyl halides is 1. The molecule has 3 nitrogen and oxygen atoms in total. The second-order valence-electron chi connectivity index (χ2n) is 3.64. The van der Waals surface area contributed by atoms with Crippen LogP contribution in [0, 0.1) is 0 Å². The summed E-state index contributed by atoms with van der Waals surface area (Å²) in [5.74, 6) is 0. The summed E-state index contributed by atoms with van der Waals surface area (Å²) in [7, 11) is 1.70. The lowest BCUT2D eigenvalue weighted by Crippen LogP contribution is -2.11. The Bertz CT molecular complexity index is 470. The lowest BCUT2D eigenvalue weighted by atomic mass is 10.1. The predicted octanol–water partition coefficient (Wildman–Crippen LogP) is 2.58. The number of rotatable bonds is 4. The standard InChI is InChI=1S/C12H13BrN2O/c1-16-8-10(13)6-12-11-5-3-2-4-9(11)7-14-15-12/h2-5,7,10H,6,8H2,1H3. The van der Waals surface area contributed by atoms with Gasteiger partial charge in [0.05, 0.1) is 18.5 Å². The SMILES string of the molecule is COCC(Br)Cc1nncc2ccccc12. The smallest absolute Gasteiger partial charge is 0.0721 e. The molecule has 0 bridgehead atoms. The van der Waals surface area contributed by atoms with Gasteiger partial charge in [-0.3, -0.25) is 0 Å². The molecule has 16 heavy (non-hydrogen) atoms. The Balaban J connectivity index is 2.30. The van der Waals surface area contributed by atoms with Gasteiger partial charge < -0.3 is 4.74 Å². The van der Waals surface area contributed by atoms with Crippen LogP contribution in [0.2, 0.25) is 0 Å². The molecule has 1 unspecified atom stereocenters. The van der Waals surface area contributed by atoms with E-state index in [1.807, 2.05) is 18.2 Å². The number of aromatic nitrogens is 2. The largest absolute Gasteiger partial charge is 0.384 e. The van der Waals surface area contributed by atoms with Crippen LogP contribution < -0.4 is 0 Å². The molecular formula is C12H13BrN2O. The van der Waals surface area contributed by atoms with E-state index in [0.29, 0.717) is 6.61 Å². The number of hydrogen-bond donors (Lipinski definition) is 0. The third kappa shape index (κ3) is 2.57. The first kappa shape index (κ1) is 11.5. The third-order valence-electron chi connectivity index (χ3n) is 2.41. The van der Waals surface area contributed by atoms with Crippen LogP contribution in [0.1, 0.15) is 5.69 Å². The minimum atomic E-state index is 0.276. The van der Waals surface area contributed by atoms with Crippen LogP contribution in [0.4, 0.5) is 0 Å². The Morgan fingerprint density at radius 3 is 3.00 bits per heavy atom. The quantitative estimate of drug-likeness (QED) is 0.808. The fourth-order valence-corrected chi connectivity index (χ4v) is 2.26. The van der Waals surface area contributed by atoms with E-state index in [9.17, 15) is 0 Å². The first-order chi connectivity index (χ1) is 7.81. The summed E-state index contributed by atoms with van der Waals surface area (Å²) >= 11 is 3.57. The zero-order valence-corrected chi connectivity index (χ0v) is 10.6. The van der Waals surface area contributed by atoms with E-state index in [1.54, 1.807) is 13.3 Å². The minimum absolute atomic E-state index is 0.276. The van der Waals surface area contributed by atoms with E-state index >= 15 is 0 Å². The van der Waals surface area contributed by atoms with Gasteiger partial charge >= 0.3 is 0 Å². The maximum atomic E-state index is 5.09. The highest BCUT2D eigenvalue weighted by Gasteiger charge is 2.09. The van der Waals surface area contributed by atoms with Crippen molar-refractivity contribution in [3.05, 3.63) is 36.2 Å². The first-order valence-electron chi connectivity index (χ1n) is 5.13. The van der Waals surface area contributed by atoms with E-state index in [4.69, 9.17) is 4.74 Å². The molecule has 1 aromatic carbocycles. The fraction of sp³-hybridized carbons (Fsp3) is 0.333. The molecule has 1 aromatic heterocycles. The molecule has 0 amide bonds. The molecule has 1 heterocycles. The van der Waals surface area contributed by atoms with Crippen LogP contribution in [-0.4, -0.2) is 28.7 Å². The van der Waals surface area contributed by atoms with E-state index in [1.165, 1.54) is 0 Å². The summed E-state index contributed by atoms with van der Waals surface area (Å²) in [6.07, 6.45) is 2.61. The Hall–Kier alpha value is -1.00. The molecule has 0 fully saturated rings. The molecule has 0 spiro atoms. The van der Waals surface area contributed by atoms with Crippen molar-refractivity contribution in [2.24, 2.45) is 0 Å². The van der Waals surface area contributed by atoms with Crippen LogP contribution >= 0.6 is 15.9 Å². The lowest BCUT2D eigenvalue weighted by molar-refractivity contribution is 0.200. The molecule has 0 N–H and O–H groups in total. The summed E-state index contributed by atoms with van der Waals surface area (Å²) in [6, 6.07) is 8.15. The topological polar surface area (TPSA) is 35.0 Å². The molecule has 0 aliphatic rings. The van der Waals surface area contributed by atoms with Gasteiger partial charge in [-0.25, -0.2) is 0 Å². The minimum Gasteiger partial charge on any atom is -0.384 e. The van der Waals surface area contributed by atoms with Gasteiger partial charge in [0.25, 0.3) is 0 Å². The van der Waals surface area contributed by atoms with Crippen molar-refractivity contribution in [1.82, 2.24) is 10.2 Å². The molecule has 84 valence electrons. The van der Waals surface area contributed by atoms with Gasteiger partial charge in [0.15, 0.2) is 0 Å². The lowest BCUT2D eigenvalue weighted by Gasteiger charge is -2.09. The number of fused-ring (bicyclic) bond motifs is 1. The average molecular weight is 281 g/mol. The van der Waals surface area contributed by atoms with Gasteiger partial charge in [0.2, 0.25) is 0 Å². The van der Waals surface area contributed by atoms with Gasteiger partial charge in [-0.2, -0.15) is 10.2 Å². The first-order valence-corrected chi connectivity index (χ1v) is 6.05. The average Bonchev–Trinajstić information content (AvgIpc) is 2.30. The van der Waals surface area contributed by atoms with E-state index in [-0.39, 0.29) is 4.83 Å². The Kier molecular flexibility index (Phi) is 3.85. The van der Waals surface area contributed by atoms with Crippen molar-refractivity contribution in [3.63, 3.8) is 0 Å². The summed E-state index contributed by atoms with van der Waals surface area (Å²) in [4.78, 5) is 0.276. The number of benzene rings is 1. The van der Waals surface area contributed by atoms with Gasteiger partial charge in [0.1, 0.15) is 0 Å². The Labute approximate surface area is 103 Å². The van der Waals surface area contributed by atoms with Crippen molar-refractivity contribution in [1.29, 1.82) is 0 Å². The molecule has 2 aromatic rings. The maximum absolute atomic E-state index is 5.09. The van der Waals surface area contributed by atoms with E-state index in [0.717, 1.165) is 22.9 Å². The third-order valence-corrected chi connectivity index (χ3v) is 3.00. The van der Waals surface area contributed by atoms with Crippen molar-refractivity contribution in [2.45, 2.75) is 11.2 Å². The molecule has 0 saturated carbocycles. The number of hydrogen-bond acceptors (Lipinski definition) is 3. The monoisotopic (exact) mass is 280 g/mol. The highest BCUT2D eigenvalue weighted by molar-refractivity contribution is 9.09. The van der Waals surface area contributed by atoms with Crippen LogP contribution in [0.25, 0.3) is 10.8 Å². The number of methoxy groups -OCH3 is 1. The fourth-order valence-electron chi connectivity index (χ4n) is 1.69. The number of nitrogens with zero attached hydrogens (tertiary/aromatic N) is 2. The second-order valence-corrected chi connectivity index (χ2v) is 4.93. The van der Waals surface area contributed by atoms with Crippen LogP contribution in [-0.2, 0) is 11.2 Å². The second kappa shape index (κ2) is 5.37. The molecule has 4 heteroatoms. The molecule has 0 aliphatic heterocycles. The maximum Gasteiger partial charge on any atom is 0.0721 e. The van der Waals surface area contributed by atoms with Crippen LogP contribution in [0.3, 0.4) is 0 Å². The van der Waals surface area contributed by atoms with E-state index < -0.39 is 0 Å². The van der Waals surface area contributed by atoms with Gasteiger partial charge in [-0.05, 0) is 0 Å². The van der Waals surface area contributed by atoms with Crippen molar-refractivity contribution >= 4 is 26.7 Å². The highest BCUT2D eigenvalue weighted by atomic mass is 79.9. The highest BCUT2D eigenvalue weighted by Crippen LogP contribution is 2.18. The predicted molar refractivity (Wildman–Crippen MR) is 67.8 cm³/mol. The van der Waals surface area contributed by atoms with Crippen molar-refractivity contribution < 1.29 is 4.74 Å².